The summed E-state index contributed by atoms with van der Waals surface area (Å²) in [7, 11) is 0. The van der Waals surface area contributed by atoms with Crippen LogP contribution < -0.4 is 0 Å². The molecule has 5 heteroatoms. The zero-order chi connectivity index (χ0) is 18.7. The number of carbonyl (C=O) groups is 1. The number of esters is 1. The summed E-state index contributed by atoms with van der Waals surface area (Å²) in [5.41, 5.74) is 2.33. The molecule has 0 spiro atoms. The highest BCUT2D eigenvalue weighted by molar-refractivity contribution is 6.16. The van der Waals surface area contributed by atoms with E-state index in [4.69, 9.17) is 9.47 Å². The lowest BCUT2D eigenvalue weighted by Gasteiger charge is -2.11. The Bertz CT molecular complexity index is 942. The number of fused-ring (bicyclic) bond motifs is 3. The van der Waals surface area contributed by atoms with Gasteiger partial charge in [0.15, 0.2) is 0 Å². The first-order valence-corrected chi connectivity index (χ1v) is 9.08. The highest BCUT2D eigenvalue weighted by Crippen LogP contribution is 2.37. The molecule has 138 valence electrons. The molecule has 3 rings (SSSR count). The first kappa shape index (κ1) is 18.3. The summed E-state index contributed by atoms with van der Waals surface area (Å²) >= 11 is 0. The number of phenols is 1. The zero-order valence-corrected chi connectivity index (χ0v) is 15.5. The van der Waals surface area contributed by atoms with Gasteiger partial charge in [0.05, 0.1) is 17.7 Å². The van der Waals surface area contributed by atoms with Gasteiger partial charge in [0, 0.05) is 41.6 Å². The van der Waals surface area contributed by atoms with Gasteiger partial charge < -0.3 is 19.1 Å². The molecule has 1 heterocycles. The average molecular weight is 355 g/mol. The van der Waals surface area contributed by atoms with Gasteiger partial charge in [-0.2, -0.15) is 0 Å². The standard InChI is InChI=1S/C21H25NO4/c1-4-25-12-8-11-22-14(3)19(21(24)26-5-2)17-13-18(23)15-9-6-7-10-16(15)20(17)22/h6-7,9-10,13,23H,4-5,8,11-12H2,1-3H3. The van der Waals surface area contributed by atoms with Crippen molar-refractivity contribution in [2.45, 2.75) is 33.7 Å². The van der Waals surface area contributed by atoms with Crippen LogP contribution in [0.5, 0.6) is 5.75 Å². The van der Waals surface area contributed by atoms with Crippen molar-refractivity contribution in [3.8, 4) is 5.75 Å². The summed E-state index contributed by atoms with van der Waals surface area (Å²) in [4.78, 5) is 12.6. The number of aromatic nitrogens is 1. The van der Waals surface area contributed by atoms with Gasteiger partial charge >= 0.3 is 5.97 Å². The van der Waals surface area contributed by atoms with Crippen LogP contribution in [0, 0.1) is 6.92 Å². The van der Waals surface area contributed by atoms with Crippen LogP contribution in [0.2, 0.25) is 0 Å². The normalized spacial score (nSPS) is 11.3. The minimum Gasteiger partial charge on any atom is -0.507 e. The number of hydrogen-bond donors (Lipinski definition) is 1. The Hall–Kier alpha value is -2.53. The molecule has 3 aromatic rings. The van der Waals surface area contributed by atoms with Gasteiger partial charge in [-0.1, -0.05) is 24.3 Å². The third-order valence-electron chi connectivity index (χ3n) is 4.65. The predicted octanol–water partition coefficient (Wildman–Crippen LogP) is 4.41. The molecular weight excluding hydrogens is 330 g/mol. The first-order valence-electron chi connectivity index (χ1n) is 9.08. The van der Waals surface area contributed by atoms with Crippen molar-refractivity contribution < 1.29 is 19.4 Å². The van der Waals surface area contributed by atoms with Crippen LogP contribution in [0.1, 0.15) is 36.3 Å². The molecule has 0 unspecified atom stereocenters. The summed E-state index contributed by atoms with van der Waals surface area (Å²) in [5, 5.41) is 12.9. The number of aromatic hydroxyl groups is 1. The molecule has 0 amide bonds. The van der Waals surface area contributed by atoms with Crippen LogP contribution >= 0.6 is 0 Å². The molecular formula is C21H25NO4. The summed E-state index contributed by atoms with van der Waals surface area (Å²) in [6, 6.07) is 9.38. The topological polar surface area (TPSA) is 60.7 Å². The van der Waals surface area contributed by atoms with Crippen molar-refractivity contribution >= 4 is 27.6 Å². The molecule has 26 heavy (non-hydrogen) atoms. The van der Waals surface area contributed by atoms with Crippen LogP contribution in [0.4, 0.5) is 0 Å². The van der Waals surface area contributed by atoms with E-state index in [0.29, 0.717) is 25.4 Å². The van der Waals surface area contributed by atoms with Crippen molar-refractivity contribution in [2.75, 3.05) is 19.8 Å². The molecule has 0 bridgehead atoms. The van der Waals surface area contributed by atoms with E-state index in [0.717, 1.165) is 40.3 Å². The van der Waals surface area contributed by atoms with Gasteiger partial charge in [-0.3, -0.25) is 0 Å². The Kier molecular flexibility index (Phi) is 5.47. The Morgan fingerprint density at radius 2 is 1.85 bits per heavy atom. The maximum Gasteiger partial charge on any atom is 0.340 e. The second-order valence-electron chi connectivity index (χ2n) is 6.22. The first-order chi connectivity index (χ1) is 12.6. The van der Waals surface area contributed by atoms with Crippen LogP contribution in [0.15, 0.2) is 30.3 Å². The number of ether oxygens (including phenoxy) is 2. The van der Waals surface area contributed by atoms with Gasteiger partial charge in [0.25, 0.3) is 0 Å². The molecule has 0 saturated heterocycles. The van der Waals surface area contributed by atoms with Gasteiger partial charge in [-0.05, 0) is 33.3 Å². The van der Waals surface area contributed by atoms with E-state index in [9.17, 15) is 9.90 Å². The predicted molar refractivity (Wildman–Crippen MR) is 103 cm³/mol. The number of benzene rings is 2. The van der Waals surface area contributed by atoms with Gasteiger partial charge in [-0.25, -0.2) is 4.79 Å². The molecule has 0 atom stereocenters. The number of hydrogen-bond acceptors (Lipinski definition) is 4. The minimum atomic E-state index is -0.353. The monoisotopic (exact) mass is 355 g/mol. The molecule has 0 aliphatic carbocycles. The second-order valence-corrected chi connectivity index (χ2v) is 6.22. The van der Waals surface area contributed by atoms with E-state index in [1.54, 1.807) is 13.0 Å². The van der Waals surface area contributed by atoms with E-state index >= 15 is 0 Å². The van der Waals surface area contributed by atoms with Crippen LogP contribution in [0.25, 0.3) is 21.7 Å². The Morgan fingerprint density at radius 1 is 1.12 bits per heavy atom. The number of aryl methyl sites for hydroxylation is 1. The van der Waals surface area contributed by atoms with Crippen LogP contribution in [0.3, 0.4) is 0 Å². The number of nitrogens with zero attached hydrogens (tertiary/aromatic N) is 1. The second kappa shape index (κ2) is 7.79. The summed E-state index contributed by atoms with van der Waals surface area (Å²) in [6.45, 7) is 8.10. The van der Waals surface area contributed by atoms with E-state index in [1.165, 1.54) is 0 Å². The summed E-state index contributed by atoms with van der Waals surface area (Å²) < 4.78 is 12.9. The van der Waals surface area contributed by atoms with Gasteiger partial charge in [0.2, 0.25) is 0 Å². The van der Waals surface area contributed by atoms with Crippen LogP contribution in [-0.4, -0.2) is 35.5 Å². The fourth-order valence-corrected chi connectivity index (χ4v) is 3.53. The fourth-order valence-electron chi connectivity index (χ4n) is 3.53. The molecule has 0 aliphatic rings. The Morgan fingerprint density at radius 3 is 2.54 bits per heavy atom. The van der Waals surface area contributed by atoms with Crippen molar-refractivity contribution in [3.05, 3.63) is 41.6 Å². The molecule has 1 aromatic heterocycles. The average Bonchev–Trinajstić information content (AvgIpc) is 2.91. The molecule has 0 aliphatic heterocycles. The number of rotatable bonds is 7. The molecule has 0 fully saturated rings. The van der Waals surface area contributed by atoms with E-state index < -0.39 is 0 Å². The molecule has 2 aromatic carbocycles. The van der Waals surface area contributed by atoms with Gasteiger partial charge in [0.1, 0.15) is 5.75 Å². The number of phenolic OH excluding ortho intramolecular Hbond substituents is 1. The Balaban J connectivity index is 2.24. The lowest BCUT2D eigenvalue weighted by atomic mass is 10.0. The molecule has 5 nitrogen and oxygen atoms in total. The maximum atomic E-state index is 12.6. The van der Waals surface area contributed by atoms with Crippen molar-refractivity contribution in [1.29, 1.82) is 0 Å². The SMILES string of the molecule is CCOCCCn1c(C)c(C(=O)OCC)c2cc(O)c3ccccc3c21. The van der Waals surface area contributed by atoms with E-state index in [-0.39, 0.29) is 11.7 Å². The third kappa shape index (κ3) is 3.15. The van der Waals surface area contributed by atoms with E-state index in [2.05, 4.69) is 4.57 Å². The highest BCUT2D eigenvalue weighted by atomic mass is 16.5. The summed E-state index contributed by atoms with van der Waals surface area (Å²) in [6.07, 6.45) is 0.843. The summed E-state index contributed by atoms with van der Waals surface area (Å²) in [5.74, 6) is -0.182. The Labute approximate surface area is 153 Å². The zero-order valence-electron chi connectivity index (χ0n) is 15.5. The maximum absolute atomic E-state index is 12.6. The van der Waals surface area contributed by atoms with Crippen molar-refractivity contribution in [3.63, 3.8) is 0 Å². The molecule has 0 radical (unpaired) electrons. The largest absolute Gasteiger partial charge is 0.507 e. The van der Waals surface area contributed by atoms with Crippen molar-refractivity contribution in [2.24, 2.45) is 0 Å². The quantitative estimate of drug-likeness (QED) is 0.504. The molecule has 1 N–H and O–H groups in total. The molecule has 0 saturated carbocycles. The highest BCUT2D eigenvalue weighted by Gasteiger charge is 2.23. The lowest BCUT2D eigenvalue weighted by Crippen LogP contribution is -2.08. The third-order valence-corrected chi connectivity index (χ3v) is 4.65. The minimum absolute atomic E-state index is 0.171. The van der Waals surface area contributed by atoms with Crippen molar-refractivity contribution in [1.82, 2.24) is 4.57 Å². The van der Waals surface area contributed by atoms with E-state index in [1.807, 2.05) is 38.1 Å². The van der Waals surface area contributed by atoms with Crippen LogP contribution in [-0.2, 0) is 16.0 Å². The fraction of sp³-hybridized carbons (Fsp3) is 0.381. The lowest BCUT2D eigenvalue weighted by molar-refractivity contribution is 0.0527. The smallest absolute Gasteiger partial charge is 0.340 e. The van der Waals surface area contributed by atoms with Gasteiger partial charge in [-0.15, -0.1) is 0 Å². The number of carbonyl (C=O) groups excluding carboxylic acids is 1.